The van der Waals surface area contributed by atoms with Gasteiger partial charge < -0.3 is 5.32 Å². The van der Waals surface area contributed by atoms with Crippen LogP contribution in [0.5, 0.6) is 0 Å². The zero-order valence-electron chi connectivity index (χ0n) is 10.2. The minimum Gasteiger partial charge on any atom is -0.316 e. The fourth-order valence-corrected chi connectivity index (χ4v) is 3.03. The molecule has 0 unspecified atom stereocenters. The fourth-order valence-electron chi connectivity index (χ4n) is 3.03. The molecule has 0 aromatic carbocycles. The van der Waals surface area contributed by atoms with E-state index in [0.29, 0.717) is 5.41 Å². The van der Waals surface area contributed by atoms with E-state index in [2.05, 4.69) is 26.1 Å². The maximum Gasteiger partial charge on any atom is 0.00105 e. The molecule has 0 atom stereocenters. The molecular weight excluding hydrogens is 170 g/mol. The Morgan fingerprint density at radius 3 is 2.14 bits per heavy atom. The molecule has 1 heteroatoms. The Kier molecular flexibility index (Phi) is 4.94. The summed E-state index contributed by atoms with van der Waals surface area (Å²) >= 11 is 0. The molecule has 1 N–H and O–H groups in total. The third kappa shape index (κ3) is 2.50. The van der Waals surface area contributed by atoms with Crippen LogP contribution in [0.1, 0.15) is 59.3 Å². The molecule has 0 radical (unpaired) electrons. The lowest BCUT2D eigenvalue weighted by molar-refractivity contribution is 0.0434. The maximum absolute atomic E-state index is 3.63. The molecule has 0 saturated heterocycles. The van der Waals surface area contributed by atoms with Gasteiger partial charge in [-0.05, 0) is 37.1 Å². The number of rotatable bonds is 7. The average Bonchev–Trinajstić information content (AvgIpc) is 2.14. The maximum atomic E-state index is 3.63. The summed E-state index contributed by atoms with van der Waals surface area (Å²) in [5.74, 6) is 0.959. The van der Waals surface area contributed by atoms with Crippen LogP contribution in [-0.2, 0) is 0 Å². The van der Waals surface area contributed by atoms with Gasteiger partial charge in [0.2, 0.25) is 0 Å². The van der Waals surface area contributed by atoms with Gasteiger partial charge in [0.1, 0.15) is 0 Å². The van der Waals surface area contributed by atoms with E-state index in [9.17, 15) is 0 Å². The molecule has 1 rings (SSSR count). The van der Waals surface area contributed by atoms with Crippen LogP contribution in [0.4, 0.5) is 0 Å². The molecule has 1 saturated carbocycles. The van der Waals surface area contributed by atoms with Gasteiger partial charge in [0, 0.05) is 6.54 Å². The molecule has 0 bridgehead atoms. The Hall–Kier alpha value is -0.0400. The van der Waals surface area contributed by atoms with Crippen molar-refractivity contribution in [2.24, 2.45) is 11.3 Å². The van der Waals surface area contributed by atoms with Gasteiger partial charge in [-0.15, -0.1) is 0 Å². The first-order valence-electron chi connectivity index (χ1n) is 6.49. The summed E-state index contributed by atoms with van der Waals surface area (Å²) in [5, 5.41) is 3.63. The van der Waals surface area contributed by atoms with E-state index >= 15 is 0 Å². The molecule has 0 spiro atoms. The predicted octanol–water partition coefficient (Wildman–Crippen LogP) is 3.59. The quantitative estimate of drug-likeness (QED) is 0.615. The molecule has 84 valence electrons. The second kappa shape index (κ2) is 5.75. The van der Waals surface area contributed by atoms with E-state index in [1.807, 2.05) is 0 Å². The van der Waals surface area contributed by atoms with Crippen LogP contribution in [0.15, 0.2) is 0 Å². The van der Waals surface area contributed by atoms with Crippen molar-refractivity contribution in [2.45, 2.75) is 59.3 Å². The molecule has 1 aliphatic rings. The van der Waals surface area contributed by atoms with Crippen molar-refractivity contribution in [1.82, 2.24) is 5.32 Å². The first kappa shape index (κ1) is 12.0. The summed E-state index contributed by atoms with van der Waals surface area (Å²) in [6.07, 6.45) is 8.39. The lowest BCUT2D eigenvalue weighted by Gasteiger charge is -2.48. The Balaban J connectivity index is 2.39. The van der Waals surface area contributed by atoms with Gasteiger partial charge in [-0.2, -0.15) is 0 Å². The number of hydrogen-bond donors (Lipinski definition) is 1. The highest BCUT2D eigenvalue weighted by molar-refractivity contribution is 4.94. The van der Waals surface area contributed by atoms with Gasteiger partial charge in [0.05, 0.1) is 0 Å². The standard InChI is InChI=1S/C13H27N/c1-4-10-14-11-13(8-7-9-13)12(5-2)6-3/h12,14H,4-11H2,1-3H3. The van der Waals surface area contributed by atoms with Crippen LogP contribution >= 0.6 is 0 Å². The second-order valence-corrected chi connectivity index (χ2v) is 4.91. The summed E-state index contributed by atoms with van der Waals surface area (Å²) in [4.78, 5) is 0. The highest BCUT2D eigenvalue weighted by atomic mass is 14.9. The molecule has 1 aliphatic carbocycles. The molecule has 0 aromatic heterocycles. The zero-order valence-corrected chi connectivity index (χ0v) is 10.2. The van der Waals surface area contributed by atoms with Gasteiger partial charge in [-0.25, -0.2) is 0 Å². The largest absolute Gasteiger partial charge is 0.316 e. The number of hydrogen-bond acceptors (Lipinski definition) is 1. The van der Waals surface area contributed by atoms with Crippen molar-refractivity contribution in [3.8, 4) is 0 Å². The van der Waals surface area contributed by atoms with Gasteiger partial charge >= 0.3 is 0 Å². The van der Waals surface area contributed by atoms with Crippen LogP contribution in [-0.4, -0.2) is 13.1 Å². The summed E-state index contributed by atoms with van der Waals surface area (Å²) < 4.78 is 0. The minimum atomic E-state index is 0.679. The van der Waals surface area contributed by atoms with Crippen molar-refractivity contribution in [2.75, 3.05) is 13.1 Å². The van der Waals surface area contributed by atoms with Crippen LogP contribution in [0.3, 0.4) is 0 Å². The topological polar surface area (TPSA) is 12.0 Å². The fraction of sp³-hybridized carbons (Fsp3) is 1.00. The summed E-state index contributed by atoms with van der Waals surface area (Å²) in [7, 11) is 0. The van der Waals surface area contributed by atoms with Crippen molar-refractivity contribution < 1.29 is 0 Å². The van der Waals surface area contributed by atoms with Gasteiger partial charge in [0.15, 0.2) is 0 Å². The molecule has 0 amide bonds. The van der Waals surface area contributed by atoms with E-state index in [1.54, 1.807) is 0 Å². The Bertz CT molecular complexity index is 145. The van der Waals surface area contributed by atoms with Crippen molar-refractivity contribution in [3.05, 3.63) is 0 Å². The monoisotopic (exact) mass is 197 g/mol. The summed E-state index contributed by atoms with van der Waals surface area (Å²) in [5.41, 5.74) is 0.679. The smallest absolute Gasteiger partial charge is 0.00105 e. The van der Waals surface area contributed by atoms with E-state index in [-0.39, 0.29) is 0 Å². The SMILES string of the molecule is CCCNCC1(C(CC)CC)CCC1. The molecule has 14 heavy (non-hydrogen) atoms. The van der Waals surface area contributed by atoms with Crippen LogP contribution in [0.2, 0.25) is 0 Å². The normalized spacial score (nSPS) is 19.7. The molecule has 0 aromatic rings. The van der Waals surface area contributed by atoms with Crippen LogP contribution in [0, 0.1) is 11.3 Å². The average molecular weight is 197 g/mol. The third-order valence-corrected chi connectivity index (χ3v) is 4.10. The van der Waals surface area contributed by atoms with E-state index in [4.69, 9.17) is 0 Å². The predicted molar refractivity (Wildman–Crippen MR) is 63.5 cm³/mol. The Morgan fingerprint density at radius 2 is 1.79 bits per heavy atom. The lowest BCUT2D eigenvalue weighted by Crippen LogP contribution is -2.45. The van der Waals surface area contributed by atoms with Gasteiger partial charge in [-0.3, -0.25) is 0 Å². The summed E-state index contributed by atoms with van der Waals surface area (Å²) in [6.45, 7) is 9.43. The molecule has 1 fully saturated rings. The zero-order chi connectivity index (χ0) is 10.4. The third-order valence-electron chi connectivity index (χ3n) is 4.10. The summed E-state index contributed by atoms with van der Waals surface area (Å²) in [6, 6.07) is 0. The minimum absolute atomic E-state index is 0.679. The van der Waals surface area contributed by atoms with E-state index in [1.165, 1.54) is 51.6 Å². The lowest BCUT2D eigenvalue weighted by atomic mass is 9.59. The van der Waals surface area contributed by atoms with Crippen molar-refractivity contribution in [1.29, 1.82) is 0 Å². The highest BCUT2D eigenvalue weighted by Crippen LogP contribution is 2.49. The second-order valence-electron chi connectivity index (χ2n) is 4.91. The van der Waals surface area contributed by atoms with Crippen LogP contribution in [0.25, 0.3) is 0 Å². The number of nitrogens with one attached hydrogen (secondary N) is 1. The van der Waals surface area contributed by atoms with E-state index in [0.717, 1.165) is 5.92 Å². The molecule has 0 aliphatic heterocycles. The van der Waals surface area contributed by atoms with E-state index < -0.39 is 0 Å². The first-order valence-corrected chi connectivity index (χ1v) is 6.49. The molecule has 0 heterocycles. The Morgan fingerprint density at radius 1 is 1.14 bits per heavy atom. The first-order chi connectivity index (χ1) is 6.79. The van der Waals surface area contributed by atoms with Gasteiger partial charge in [0.25, 0.3) is 0 Å². The van der Waals surface area contributed by atoms with Crippen LogP contribution < -0.4 is 5.32 Å². The highest BCUT2D eigenvalue weighted by Gasteiger charge is 2.41. The van der Waals surface area contributed by atoms with Crippen molar-refractivity contribution >= 4 is 0 Å². The van der Waals surface area contributed by atoms with Gasteiger partial charge in [-0.1, -0.05) is 40.0 Å². The molecule has 1 nitrogen and oxygen atoms in total. The molecular formula is C13H27N. The van der Waals surface area contributed by atoms with Crippen molar-refractivity contribution in [3.63, 3.8) is 0 Å². The Labute approximate surface area is 89.7 Å².